The number of carbonyl (C=O) groups excluding carboxylic acids is 1. The van der Waals surface area contributed by atoms with E-state index in [9.17, 15) is 31.1 Å². The second-order valence-corrected chi connectivity index (χ2v) is 7.05. The highest BCUT2D eigenvalue weighted by molar-refractivity contribution is 6.31. The van der Waals surface area contributed by atoms with E-state index in [0.29, 0.717) is 17.7 Å². The predicted octanol–water partition coefficient (Wildman–Crippen LogP) is 4.91. The van der Waals surface area contributed by atoms with Gasteiger partial charge in [0, 0.05) is 30.2 Å². The molecule has 0 aliphatic rings. The molecule has 0 radical (unpaired) electrons. The lowest BCUT2D eigenvalue weighted by Gasteiger charge is -2.13. The number of aromatic nitrogens is 2. The first-order valence-electron chi connectivity index (χ1n) is 9.08. The molecule has 1 heterocycles. The fourth-order valence-electron chi connectivity index (χ4n) is 2.60. The highest BCUT2D eigenvalue weighted by atomic mass is 35.5. The lowest BCUT2D eigenvalue weighted by Crippen LogP contribution is -2.32. The van der Waals surface area contributed by atoms with E-state index in [-0.39, 0.29) is 28.9 Å². The van der Waals surface area contributed by atoms with Gasteiger partial charge in [-0.05, 0) is 35.9 Å². The van der Waals surface area contributed by atoms with E-state index in [1.165, 1.54) is 13.1 Å². The molecule has 0 aliphatic heterocycles. The summed E-state index contributed by atoms with van der Waals surface area (Å²) in [5, 5.41) is 8.56. The molecular weight excluding hydrogens is 476 g/mol. The maximum atomic E-state index is 13.5. The first kappa shape index (κ1) is 24.1. The van der Waals surface area contributed by atoms with Crippen LogP contribution in [0.25, 0.3) is 0 Å². The van der Waals surface area contributed by atoms with Gasteiger partial charge in [0.1, 0.15) is 11.6 Å². The van der Waals surface area contributed by atoms with Gasteiger partial charge in [-0.15, -0.1) is 0 Å². The number of aliphatic imine (C=N–C) groups is 1. The fraction of sp³-hybridized carbons (Fsp3) is 0.150. The van der Waals surface area contributed by atoms with Gasteiger partial charge >= 0.3 is 6.18 Å². The Labute approximate surface area is 187 Å². The second-order valence-electron chi connectivity index (χ2n) is 6.64. The first-order valence-corrected chi connectivity index (χ1v) is 9.46. The summed E-state index contributed by atoms with van der Waals surface area (Å²) in [6.07, 6.45) is -4.72. The second kappa shape index (κ2) is 9.53. The third kappa shape index (κ3) is 6.04. The van der Waals surface area contributed by atoms with Gasteiger partial charge in [0.15, 0.2) is 17.3 Å². The van der Waals surface area contributed by atoms with Gasteiger partial charge in [0.05, 0.1) is 0 Å². The van der Waals surface area contributed by atoms with Crippen LogP contribution in [-0.2, 0) is 19.8 Å². The normalized spacial score (nSPS) is 12.1. The highest BCUT2D eigenvalue weighted by Crippen LogP contribution is 2.29. The smallest absolute Gasteiger partial charge is 0.352 e. The summed E-state index contributed by atoms with van der Waals surface area (Å²) >= 11 is 5.96. The Morgan fingerprint density at radius 2 is 1.82 bits per heavy atom. The largest absolute Gasteiger partial charge is 0.435 e. The summed E-state index contributed by atoms with van der Waals surface area (Å²) in [4.78, 5) is 16.2. The Hall–Kier alpha value is -3.54. The minimum atomic E-state index is -4.72. The van der Waals surface area contributed by atoms with Crippen LogP contribution in [0.4, 0.5) is 32.2 Å². The van der Waals surface area contributed by atoms with E-state index in [2.05, 4.69) is 20.7 Å². The van der Waals surface area contributed by atoms with E-state index >= 15 is 0 Å². The van der Waals surface area contributed by atoms with Crippen LogP contribution >= 0.6 is 11.6 Å². The Bertz CT molecular complexity index is 1220. The third-order valence-electron chi connectivity index (χ3n) is 4.26. The zero-order valence-corrected chi connectivity index (χ0v) is 17.4. The monoisotopic (exact) mass is 489 g/mol. The van der Waals surface area contributed by atoms with Crippen LogP contribution in [0, 0.1) is 17.5 Å². The van der Waals surface area contributed by atoms with Crippen molar-refractivity contribution in [1.82, 2.24) is 15.1 Å². The Kier molecular flexibility index (Phi) is 6.96. The molecule has 2 aromatic carbocycles. The molecule has 174 valence electrons. The summed E-state index contributed by atoms with van der Waals surface area (Å²) < 4.78 is 79.6. The van der Waals surface area contributed by atoms with Gasteiger partial charge in [-0.2, -0.15) is 23.3 Å². The van der Waals surface area contributed by atoms with Crippen LogP contribution in [0.3, 0.4) is 0 Å². The van der Waals surface area contributed by atoms with Crippen molar-refractivity contribution < 1.29 is 31.1 Å². The van der Waals surface area contributed by atoms with Crippen LogP contribution < -0.4 is 10.6 Å². The quantitative estimate of drug-likeness (QED) is 0.310. The lowest BCUT2D eigenvalue weighted by atomic mass is 10.2. The molecule has 6 nitrogen and oxygen atoms in total. The van der Waals surface area contributed by atoms with Crippen molar-refractivity contribution >= 4 is 29.3 Å². The van der Waals surface area contributed by atoms with E-state index in [4.69, 9.17) is 11.6 Å². The number of hydrogen-bond acceptors (Lipinski definition) is 2. The van der Waals surface area contributed by atoms with E-state index in [1.807, 2.05) is 0 Å². The number of nitrogens with zero attached hydrogens (tertiary/aromatic N) is 3. The van der Waals surface area contributed by atoms with Crippen molar-refractivity contribution in [2.24, 2.45) is 12.0 Å². The average molecular weight is 490 g/mol. The molecule has 0 atom stereocenters. The van der Waals surface area contributed by atoms with E-state index < -0.39 is 35.2 Å². The SMILES string of the molecule is Cn1nc(C(F)(F)F)cc1N/C(=N\C(=O)c1ccc(F)c(F)c1)NCc1ccc(F)cc1Cl. The van der Waals surface area contributed by atoms with Gasteiger partial charge < -0.3 is 10.6 Å². The summed E-state index contributed by atoms with van der Waals surface area (Å²) in [6.45, 7) is -0.111. The van der Waals surface area contributed by atoms with Crippen molar-refractivity contribution in [3.63, 3.8) is 0 Å². The summed E-state index contributed by atoms with van der Waals surface area (Å²) in [6, 6.07) is 6.57. The Morgan fingerprint density at radius 1 is 1.09 bits per heavy atom. The Balaban J connectivity index is 1.91. The van der Waals surface area contributed by atoms with Crippen LogP contribution in [-0.4, -0.2) is 21.6 Å². The first-order chi connectivity index (χ1) is 15.4. The Morgan fingerprint density at radius 3 is 2.42 bits per heavy atom. The average Bonchev–Trinajstić information content (AvgIpc) is 3.10. The molecule has 33 heavy (non-hydrogen) atoms. The van der Waals surface area contributed by atoms with Gasteiger partial charge in [-0.3, -0.25) is 9.48 Å². The third-order valence-corrected chi connectivity index (χ3v) is 4.61. The molecule has 1 amide bonds. The number of carbonyl (C=O) groups is 1. The molecule has 3 rings (SSSR count). The molecule has 0 fully saturated rings. The highest BCUT2D eigenvalue weighted by Gasteiger charge is 2.34. The lowest BCUT2D eigenvalue weighted by molar-refractivity contribution is -0.141. The number of alkyl halides is 3. The summed E-state index contributed by atoms with van der Waals surface area (Å²) in [5.41, 5.74) is -1.12. The van der Waals surface area contributed by atoms with Gasteiger partial charge in [-0.1, -0.05) is 17.7 Å². The van der Waals surface area contributed by atoms with Crippen LogP contribution in [0.1, 0.15) is 21.6 Å². The molecule has 1 aromatic heterocycles. The molecular formula is C20H14ClF6N5O. The maximum absolute atomic E-state index is 13.5. The van der Waals surface area contributed by atoms with E-state index in [0.717, 1.165) is 28.9 Å². The molecule has 13 heteroatoms. The molecule has 0 spiro atoms. The zero-order chi connectivity index (χ0) is 24.3. The number of rotatable bonds is 4. The standard InChI is InChI=1S/C20H14ClF6N5O/c1-32-17(8-16(31-32)20(25,26)27)29-19(28-9-11-2-4-12(22)7-13(11)21)30-18(33)10-3-5-14(23)15(24)6-10/h2-8H,9H2,1H3,(H2,28,29,30,33). The van der Waals surface area contributed by atoms with E-state index in [1.54, 1.807) is 0 Å². The minimum Gasteiger partial charge on any atom is -0.352 e. The topological polar surface area (TPSA) is 71.3 Å². The maximum Gasteiger partial charge on any atom is 0.435 e. The molecule has 0 unspecified atom stereocenters. The minimum absolute atomic E-state index is 0.0497. The van der Waals surface area contributed by atoms with Gasteiger partial charge in [-0.25, -0.2) is 13.2 Å². The van der Waals surface area contributed by atoms with Crippen molar-refractivity contribution in [3.8, 4) is 0 Å². The number of anilines is 1. The molecule has 0 saturated carbocycles. The summed E-state index contributed by atoms with van der Waals surface area (Å²) in [5.74, 6) is -4.59. The number of aryl methyl sites for hydroxylation is 1. The zero-order valence-electron chi connectivity index (χ0n) is 16.6. The number of amides is 1. The van der Waals surface area contributed by atoms with Crippen LogP contribution in [0.5, 0.6) is 0 Å². The van der Waals surface area contributed by atoms with Gasteiger partial charge in [0.2, 0.25) is 5.96 Å². The molecule has 0 bridgehead atoms. The van der Waals surface area contributed by atoms with Crippen molar-refractivity contribution in [2.45, 2.75) is 12.7 Å². The predicted molar refractivity (Wildman–Crippen MR) is 108 cm³/mol. The molecule has 3 aromatic rings. The van der Waals surface area contributed by atoms with Crippen LogP contribution in [0.15, 0.2) is 47.5 Å². The number of guanidine groups is 1. The fourth-order valence-corrected chi connectivity index (χ4v) is 2.83. The molecule has 2 N–H and O–H groups in total. The number of halogens is 7. The molecule has 0 saturated heterocycles. The van der Waals surface area contributed by atoms with Crippen molar-refractivity contribution in [3.05, 3.63) is 81.8 Å². The molecule has 0 aliphatic carbocycles. The number of hydrogen-bond donors (Lipinski definition) is 2. The summed E-state index contributed by atoms with van der Waals surface area (Å²) in [7, 11) is 1.23. The number of benzene rings is 2. The number of nitrogens with one attached hydrogen (secondary N) is 2. The van der Waals surface area contributed by atoms with Crippen molar-refractivity contribution in [2.75, 3.05) is 5.32 Å². The van der Waals surface area contributed by atoms with Gasteiger partial charge in [0.25, 0.3) is 5.91 Å². The van der Waals surface area contributed by atoms with Crippen molar-refractivity contribution in [1.29, 1.82) is 0 Å². The van der Waals surface area contributed by atoms with Crippen LogP contribution in [0.2, 0.25) is 5.02 Å².